The topological polar surface area (TPSA) is 12.0 Å². The minimum Gasteiger partial charge on any atom is -0.381 e. The molecule has 0 saturated heterocycles. The molecule has 0 heterocycles. The number of nitrogens with one attached hydrogen (secondary N) is 1. The third kappa shape index (κ3) is 2.29. The first-order valence-corrected chi connectivity index (χ1v) is 5.93. The molecule has 1 aromatic rings. The van der Waals surface area contributed by atoms with Crippen LogP contribution in [-0.4, -0.2) is 6.04 Å². The van der Waals surface area contributed by atoms with Crippen LogP contribution in [0.3, 0.4) is 0 Å². The van der Waals surface area contributed by atoms with Crippen LogP contribution in [0, 0.1) is 3.57 Å². The second-order valence-corrected chi connectivity index (χ2v) is 4.99. The van der Waals surface area contributed by atoms with E-state index >= 15 is 0 Å². The van der Waals surface area contributed by atoms with Gasteiger partial charge in [0, 0.05) is 20.3 Å². The zero-order valence-electron chi connectivity index (χ0n) is 7.19. The molecule has 13 heavy (non-hydrogen) atoms. The summed E-state index contributed by atoms with van der Waals surface area (Å²) in [6.07, 6.45) is 3.94. The van der Waals surface area contributed by atoms with Crippen molar-refractivity contribution >= 4 is 39.9 Å². The summed E-state index contributed by atoms with van der Waals surface area (Å²) in [4.78, 5) is 0. The summed E-state index contributed by atoms with van der Waals surface area (Å²) >= 11 is 8.25. The van der Waals surface area contributed by atoms with E-state index in [1.165, 1.54) is 28.5 Å². The van der Waals surface area contributed by atoms with Gasteiger partial charge in [-0.25, -0.2) is 0 Å². The van der Waals surface area contributed by atoms with Gasteiger partial charge in [0.25, 0.3) is 0 Å². The molecule has 1 aliphatic carbocycles. The summed E-state index contributed by atoms with van der Waals surface area (Å²) in [6.45, 7) is 0. The molecule has 3 heteroatoms. The molecule has 0 amide bonds. The van der Waals surface area contributed by atoms with Crippen LogP contribution >= 0.6 is 34.2 Å². The molecule has 1 fully saturated rings. The van der Waals surface area contributed by atoms with Gasteiger partial charge in [0.05, 0.1) is 0 Å². The molecule has 0 atom stereocenters. The van der Waals surface area contributed by atoms with Crippen molar-refractivity contribution in [3.63, 3.8) is 0 Å². The van der Waals surface area contributed by atoms with Crippen LogP contribution < -0.4 is 5.32 Å². The van der Waals surface area contributed by atoms with Gasteiger partial charge in [-0.3, -0.25) is 0 Å². The highest BCUT2D eigenvalue weighted by molar-refractivity contribution is 14.1. The Hall–Kier alpha value is 0.0400. The molecule has 0 spiro atoms. The van der Waals surface area contributed by atoms with Gasteiger partial charge in [0.15, 0.2) is 0 Å². The summed E-state index contributed by atoms with van der Waals surface area (Å²) in [7, 11) is 0. The van der Waals surface area contributed by atoms with E-state index in [-0.39, 0.29) is 0 Å². The maximum absolute atomic E-state index is 5.92. The number of halogens is 2. The van der Waals surface area contributed by atoms with E-state index < -0.39 is 0 Å². The summed E-state index contributed by atoms with van der Waals surface area (Å²) in [5.41, 5.74) is 1.18. The average Bonchev–Trinajstić information content (AvgIpc) is 2.03. The standard InChI is InChI=1S/C10H11ClIN/c11-7-4-5-9(12)10(6-7)13-8-2-1-3-8/h4-6,8,13H,1-3H2. The normalized spacial score (nSPS) is 16.8. The number of benzene rings is 1. The largest absolute Gasteiger partial charge is 0.381 e. The highest BCUT2D eigenvalue weighted by Gasteiger charge is 2.17. The van der Waals surface area contributed by atoms with Crippen LogP contribution in [0.25, 0.3) is 0 Å². The Balaban J connectivity index is 2.13. The average molecular weight is 308 g/mol. The quantitative estimate of drug-likeness (QED) is 0.817. The lowest BCUT2D eigenvalue weighted by atomic mass is 9.93. The highest BCUT2D eigenvalue weighted by Crippen LogP contribution is 2.28. The first kappa shape index (κ1) is 9.59. The Kier molecular flexibility index (Phi) is 2.99. The van der Waals surface area contributed by atoms with Gasteiger partial charge in [-0.05, 0) is 60.1 Å². The third-order valence-corrected chi connectivity index (χ3v) is 3.57. The summed E-state index contributed by atoms with van der Waals surface area (Å²) in [5, 5.41) is 4.30. The van der Waals surface area contributed by atoms with Crippen LogP contribution in [0.5, 0.6) is 0 Å². The van der Waals surface area contributed by atoms with Crippen molar-refractivity contribution in [1.82, 2.24) is 0 Å². The Morgan fingerprint density at radius 1 is 1.38 bits per heavy atom. The minimum atomic E-state index is 0.673. The fourth-order valence-corrected chi connectivity index (χ4v) is 2.04. The van der Waals surface area contributed by atoms with Crippen LogP contribution in [0.2, 0.25) is 5.02 Å². The van der Waals surface area contributed by atoms with Crippen molar-refractivity contribution in [3.05, 3.63) is 26.8 Å². The van der Waals surface area contributed by atoms with Crippen molar-refractivity contribution in [2.75, 3.05) is 5.32 Å². The van der Waals surface area contributed by atoms with Gasteiger partial charge in [-0.1, -0.05) is 11.6 Å². The molecular weight excluding hydrogens is 296 g/mol. The molecule has 0 aromatic heterocycles. The van der Waals surface area contributed by atoms with Crippen molar-refractivity contribution in [1.29, 1.82) is 0 Å². The zero-order valence-corrected chi connectivity index (χ0v) is 10.1. The minimum absolute atomic E-state index is 0.673. The fraction of sp³-hybridized carbons (Fsp3) is 0.400. The second-order valence-electron chi connectivity index (χ2n) is 3.40. The molecule has 1 N–H and O–H groups in total. The first-order valence-electron chi connectivity index (χ1n) is 4.47. The van der Waals surface area contributed by atoms with E-state index in [4.69, 9.17) is 11.6 Å². The van der Waals surface area contributed by atoms with E-state index in [0.29, 0.717) is 6.04 Å². The second kappa shape index (κ2) is 4.05. The van der Waals surface area contributed by atoms with Crippen LogP contribution in [0.4, 0.5) is 5.69 Å². The monoisotopic (exact) mass is 307 g/mol. The number of hydrogen-bond donors (Lipinski definition) is 1. The van der Waals surface area contributed by atoms with Crippen molar-refractivity contribution in [3.8, 4) is 0 Å². The van der Waals surface area contributed by atoms with Crippen molar-refractivity contribution in [2.24, 2.45) is 0 Å². The molecule has 1 aliphatic rings. The summed E-state index contributed by atoms with van der Waals surface area (Å²) < 4.78 is 1.24. The van der Waals surface area contributed by atoms with E-state index in [1.54, 1.807) is 0 Å². The van der Waals surface area contributed by atoms with E-state index in [0.717, 1.165) is 5.02 Å². The van der Waals surface area contributed by atoms with E-state index in [1.807, 2.05) is 18.2 Å². The van der Waals surface area contributed by atoms with E-state index in [2.05, 4.69) is 27.9 Å². The molecule has 0 radical (unpaired) electrons. The molecule has 70 valence electrons. The first-order chi connectivity index (χ1) is 6.25. The van der Waals surface area contributed by atoms with Crippen molar-refractivity contribution in [2.45, 2.75) is 25.3 Å². The molecule has 0 aliphatic heterocycles. The van der Waals surface area contributed by atoms with Crippen molar-refractivity contribution < 1.29 is 0 Å². The maximum Gasteiger partial charge on any atom is 0.0492 e. The molecule has 0 bridgehead atoms. The molecule has 1 aromatic carbocycles. The van der Waals surface area contributed by atoms with E-state index in [9.17, 15) is 0 Å². The van der Waals surface area contributed by atoms with Gasteiger partial charge in [0.2, 0.25) is 0 Å². The SMILES string of the molecule is Clc1ccc(I)c(NC2CCC2)c1. The predicted molar refractivity (Wildman–Crippen MR) is 65.4 cm³/mol. The summed E-state index contributed by atoms with van der Waals surface area (Å²) in [6, 6.07) is 6.65. The van der Waals surface area contributed by atoms with Crippen LogP contribution in [0.15, 0.2) is 18.2 Å². The van der Waals surface area contributed by atoms with Gasteiger partial charge in [-0.15, -0.1) is 0 Å². The van der Waals surface area contributed by atoms with Crippen LogP contribution in [0.1, 0.15) is 19.3 Å². The third-order valence-electron chi connectivity index (χ3n) is 2.39. The molecule has 2 rings (SSSR count). The Labute approximate surface area is 97.0 Å². The lowest BCUT2D eigenvalue weighted by molar-refractivity contribution is 0.445. The zero-order chi connectivity index (χ0) is 9.26. The molecule has 1 saturated carbocycles. The predicted octanol–water partition coefficient (Wildman–Crippen LogP) is 3.91. The van der Waals surface area contributed by atoms with Gasteiger partial charge in [0.1, 0.15) is 0 Å². The lowest BCUT2D eigenvalue weighted by Gasteiger charge is -2.28. The lowest BCUT2D eigenvalue weighted by Crippen LogP contribution is -2.27. The summed E-state index contributed by atoms with van der Waals surface area (Å²) in [5.74, 6) is 0. The molecule has 1 nitrogen and oxygen atoms in total. The number of anilines is 1. The van der Waals surface area contributed by atoms with Gasteiger partial charge < -0.3 is 5.32 Å². The number of rotatable bonds is 2. The smallest absolute Gasteiger partial charge is 0.0492 e. The molecular formula is C10H11ClIN. The Morgan fingerprint density at radius 3 is 2.77 bits per heavy atom. The number of hydrogen-bond acceptors (Lipinski definition) is 1. The van der Waals surface area contributed by atoms with Crippen LogP contribution in [-0.2, 0) is 0 Å². The van der Waals surface area contributed by atoms with Gasteiger partial charge in [-0.2, -0.15) is 0 Å². The van der Waals surface area contributed by atoms with Gasteiger partial charge >= 0.3 is 0 Å². The molecule has 0 unspecified atom stereocenters. The Bertz CT molecular complexity index is 310. The maximum atomic E-state index is 5.92. The Morgan fingerprint density at radius 2 is 2.15 bits per heavy atom. The highest BCUT2D eigenvalue weighted by atomic mass is 127. The fourth-order valence-electron chi connectivity index (χ4n) is 1.38.